The molecule has 0 radical (unpaired) electrons. The van der Waals surface area contributed by atoms with Gasteiger partial charge in [0, 0.05) is 13.2 Å². The number of hydrogen-bond donors (Lipinski definition) is 2. The molecule has 0 aliphatic rings. The highest BCUT2D eigenvalue weighted by Crippen LogP contribution is 2.20. The number of rotatable bonds is 4. The van der Waals surface area contributed by atoms with E-state index in [0.717, 1.165) is 5.52 Å². The summed E-state index contributed by atoms with van der Waals surface area (Å²) in [6, 6.07) is 1.17. The number of carboxylic acid groups (broad SMARTS) is 1. The maximum Gasteiger partial charge on any atom is 0.326 e. The number of pyridine rings is 1. The van der Waals surface area contributed by atoms with Crippen LogP contribution in [0.2, 0.25) is 0 Å². The van der Waals surface area contributed by atoms with Gasteiger partial charge in [-0.25, -0.2) is 14.8 Å². The zero-order valence-electron chi connectivity index (χ0n) is 10.6. The molecule has 2 rings (SSSR count). The number of anilines is 1. The van der Waals surface area contributed by atoms with Gasteiger partial charge in [0.2, 0.25) is 0 Å². The summed E-state index contributed by atoms with van der Waals surface area (Å²) in [6.45, 7) is 3.70. The van der Waals surface area contributed by atoms with E-state index in [1.165, 1.54) is 0 Å². The van der Waals surface area contributed by atoms with Crippen LogP contribution in [0.15, 0.2) is 18.6 Å². The Morgan fingerprint density at radius 1 is 1.44 bits per heavy atom. The van der Waals surface area contributed by atoms with Crippen LogP contribution >= 0.6 is 0 Å². The monoisotopic (exact) mass is 248 g/mol. The number of aromatic nitrogens is 3. The van der Waals surface area contributed by atoms with Gasteiger partial charge in [0.15, 0.2) is 5.82 Å². The largest absolute Gasteiger partial charge is 0.480 e. The van der Waals surface area contributed by atoms with Crippen LogP contribution in [-0.2, 0) is 11.8 Å². The van der Waals surface area contributed by atoms with E-state index >= 15 is 0 Å². The fraction of sp³-hybridized carbons (Fsp3) is 0.417. The van der Waals surface area contributed by atoms with Crippen LogP contribution in [0.5, 0.6) is 0 Å². The van der Waals surface area contributed by atoms with E-state index in [1.54, 1.807) is 12.5 Å². The summed E-state index contributed by atoms with van der Waals surface area (Å²) in [4.78, 5) is 19.6. The van der Waals surface area contributed by atoms with E-state index in [2.05, 4.69) is 15.3 Å². The molecule has 1 unspecified atom stereocenters. The van der Waals surface area contributed by atoms with Gasteiger partial charge in [0.05, 0.1) is 11.8 Å². The Hall–Kier alpha value is -2.11. The van der Waals surface area contributed by atoms with Gasteiger partial charge >= 0.3 is 5.97 Å². The number of hydrogen-bond acceptors (Lipinski definition) is 4. The van der Waals surface area contributed by atoms with Crippen LogP contribution in [-0.4, -0.2) is 31.7 Å². The zero-order chi connectivity index (χ0) is 13.3. The maximum atomic E-state index is 11.2. The summed E-state index contributed by atoms with van der Waals surface area (Å²) < 4.78 is 1.87. The summed E-state index contributed by atoms with van der Waals surface area (Å²) in [7, 11) is 1.89. The summed E-state index contributed by atoms with van der Waals surface area (Å²) in [5.74, 6) is -0.419. The Labute approximate surface area is 105 Å². The highest BCUT2D eigenvalue weighted by Gasteiger charge is 2.22. The van der Waals surface area contributed by atoms with Crippen LogP contribution in [0.25, 0.3) is 11.0 Å². The molecular formula is C12H16N4O2. The van der Waals surface area contributed by atoms with Crippen molar-refractivity contribution in [2.45, 2.75) is 19.9 Å². The van der Waals surface area contributed by atoms with Crippen molar-refractivity contribution in [1.29, 1.82) is 0 Å². The molecule has 2 aromatic rings. The second-order valence-electron chi connectivity index (χ2n) is 4.59. The minimum Gasteiger partial charge on any atom is -0.480 e. The smallest absolute Gasteiger partial charge is 0.326 e. The Balaban J connectivity index is 2.39. The molecule has 0 fully saturated rings. The van der Waals surface area contributed by atoms with Gasteiger partial charge in [-0.05, 0) is 12.0 Å². The minimum atomic E-state index is -0.889. The van der Waals surface area contributed by atoms with Gasteiger partial charge in [-0.3, -0.25) is 0 Å². The predicted molar refractivity (Wildman–Crippen MR) is 68.4 cm³/mol. The quantitative estimate of drug-likeness (QED) is 0.856. The number of carboxylic acids is 1. The van der Waals surface area contributed by atoms with Crippen LogP contribution < -0.4 is 5.32 Å². The van der Waals surface area contributed by atoms with E-state index in [1.807, 2.05) is 31.5 Å². The molecule has 0 amide bonds. The van der Waals surface area contributed by atoms with Crippen LogP contribution in [0.3, 0.4) is 0 Å². The van der Waals surface area contributed by atoms with Gasteiger partial charge in [0.25, 0.3) is 0 Å². The minimum absolute atomic E-state index is 0.0386. The topological polar surface area (TPSA) is 80.0 Å². The molecule has 96 valence electrons. The van der Waals surface area contributed by atoms with Crippen molar-refractivity contribution in [3.63, 3.8) is 0 Å². The molecule has 0 bridgehead atoms. The van der Waals surface area contributed by atoms with Crippen LogP contribution in [0.1, 0.15) is 13.8 Å². The van der Waals surface area contributed by atoms with Gasteiger partial charge in [-0.1, -0.05) is 13.8 Å². The highest BCUT2D eigenvalue weighted by molar-refractivity contribution is 5.88. The first kappa shape index (κ1) is 12.3. The lowest BCUT2D eigenvalue weighted by molar-refractivity contribution is -0.138. The molecule has 2 heterocycles. The number of aliphatic carboxylic acids is 1. The molecule has 1 atom stereocenters. The fourth-order valence-electron chi connectivity index (χ4n) is 1.83. The molecular weight excluding hydrogens is 232 g/mol. The van der Waals surface area contributed by atoms with Crippen molar-refractivity contribution in [2.75, 3.05) is 5.32 Å². The molecule has 0 spiro atoms. The molecule has 6 heteroatoms. The average Bonchev–Trinajstić information content (AvgIpc) is 2.68. The number of aryl methyl sites for hydroxylation is 1. The third-order valence-corrected chi connectivity index (χ3v) is 2.87. The van der Waals surface area contributed by atoms with E-state index in [-0.39, 0.29) is 5.92 Å². The van der Waals surface area contributed by atoms with E-state index < -0.39 is 12.0 Å². The second-order valence-corrected chi connectivity index (χ2v) is 4.59. The predicted octanol–water partition coefficient (Wildman–Crippen LogP) is 1.49. The van der Waals surface area contributed by atoms with E-state index in [4.69, 9.17) is 5.11 Å². The van der Waals surface area contributed by atoms with Crippen LogP contribution in [0, 0.1) is 5.92 Å². The number of nitrogens with one attached hydrogen (secondary N) is 1. The van der Waals surface area contributed by atoms with E-state index in [0.29, 0.717) is 11.3 Å². The number of carbonyl (C=O) groups is 1. The summed E-state index contributed by atoms with van der Waals surface area (Å²) in [5, 5.41) is 12.1. The van der Waals surface area contributed by atoms with Gasteiger partial charge in [-0.15, -0.1) is 0 Å². The standard InChI is InChI=1S/C12H16N4O2/c1-7(2)9(12(17)18)15-11-10-8(4-5-13-11)16(3)6-14-10/h4-7,9H,1-3H3,(H,13,15)(H,17,18). The molecule has 0 saturated carbocycles. The van der Waals surface area contributed by atoms with Crippen molar-refractivity contribution in [1.82, 2.24) is 14.5 Å². The third-order valence-electron chi connectivity index (χ3n) is 2.87. The molecule has 2 aromatic heterocycles. The number of nitrogens with zero attached hydrogens (tertiary/aromatic N) is 3. The summed E-state index contributed by atoms with van der Waals surface area (Å²) >= 11 is 0. The second kappa shape index (κ2) is 4.64. The lowest BCUT2D eigenvalue weighted by atomic mass is 10.0. The normalized spacial score (nSPS) is 12.9. The highest BCUT2D eigenvalue weighted by atomic mass is 16.4. The van der Waals surface area contributed by atoms with Crippen molar-refractivity contribution >= 4 is 22.8 Å². The first-order valence-corrected chi connectivity index (χ1v) is 5.76. The summed E-state index contributed by atoms with van der Waals surface area (Å²) in [6.07, 6.45) is 3.33. The molecule has 0 aromatic carbocycles. The molecule has 18 heavy (non-hydrogen) atoms. The fourth-order valence-corrected chi connectivity index (χ4v) is 1.83. The van der Waals surface area contributed by atoms with Gasteiger partial charge in [0.1, 0.15) is 11.6 Å². The zero-order valence-corrected chi connectivity index (χ0v) is 10.6. The van der Waals surface area contributed by atoms with Crippen LogP contribution in [0.4, 0.5) is 5.82 Å². The van der Waals surface area contributed by atoms with E-state index in [9.17, 15) is 4.79 Å². The molecule has 0 aliphatic heterocycles. The van der Waals surface area contributed by atoms with Gasteiger partial charge in [-0.2, -0.15) is 0 Å². The Kier molecular flexibility index (Phi) is 3.18. The van der Waals surface area contributed by atoms with Gasteiger partial charge < -0.3 is 15.0 Å². The number of imidazole rings is 1. The van der Waals surface area contributed by atoms with Crippen molar-refractivity contribution in [3.8, 4) is 0 Å². The van der Waals surface area contributed by atoms with Crippen molar-refractivity contribution < 1.29 is 9.90 Å². The Morgan fingerprint density at radius 2 is 2.17 bits per heavy atom. The Morgan fingerprint density at radius 3 is 2.78 bits per heavy atom. The third kappa shape index (κ3) is 2.13. The Bertz CT molecular complexity index is 576. The average molecular weight is 248 g/mol. The lowest BCUT2D eigenvalue weighted by Gasteiger charge is -2.18. The lowest BCUT2D eigenvalue weighted by Crippen LogP contribution is -2.34. The molecule has 0 saturated heterocycles. The molecule has 6 nitrogen and oxygen atoms in total. The number of fused-ring (bicyclic) bond motifs is 1. The summed E-state index contributed by atoms with van der Waals surface area (Å²) in [5.41, 5.74) is 1.60. The van der Waals surface area contributed by atoms with Crippen molar-refractivity contribution in [2.24, 2.45) is 13.0 Å². The molecule has 2 N–H and O–H groups in total. The first-order valence-electron chi connectivity index (χ1n) is 5.76. The first-order chi connectivity index (χ1) is 8.50. The molecule has 0 aliphatic carbocycles. The van der Waals surface area contributed by atoms with Crippen molar-refractivity contribution in [3.05, 3.63) is 18.6 Å². The SMILES string of the molecule is CC(C)C(Nc1nccc2c1ncn2C)C(=O)O. The maximum absolute atomic E-state index is 11.2.